The largest absolute Gasteiger partial charge is 0.389 e. The lowest BCUT2D eigenvalue weighted by Gasteiger charge is -2.16. The van der Waals surface area contributed by atoms with Gasteiger partial charge in [-0.25, -0.2) is 0 Å². The highest BCUT2D eigenvalue weighted by Gasteiger charge is 2.22. The van der Waals surface area contributed by atoms with Gasteiger partial charge in [0.25, 0.3) is 5.69 Å². The number of rotatable bonds is 4. The van der Waals surface area contributed by atoms with Gasteiger partial charge in [0.15, 0.2) is 0 Å². The molecule has 0 saturated carbocycles. The highest BCUT2D eigenvalue weighted by atomic mass is 16.6. The Morgan fingerprint density at radius 3 is 2.76 bits per heavy atom. The van der Waals surface area contributed by atoms with Crippen molar-refractivity contribution in [1.82, 2.24) is 4.98 Å². The summed E-state index contributed by atoms with van der Waals surface area (Å²) in [6, 6.07) is 2.98. The number of pyridine rings is 1. The lowest BCUT2D eigenvalue weighted by Crippen LogP contribution is -2.19. The van der Waals surface area contributed by atoms with Crippen LogP contribution >= 0.6 is 0 Å². The van der Waals surface area contributed by atoms with Crippen LogP contribution in [0.5, 0.6) is 0 Å². The first-order valence-corrected chi connectivity index (χ1v) is 4.81. The van der Waals surface area contributed by atoms with Gasteiger partial charge >= 0.3 is 0 Å². The van der Waals surface area contributed by atoms with E-state index in [9.17, 15) is 20.3 Å². The van der Waals surface area contributed by atoms with E-state index in [4.69, 9.17) is 5.26 Å². The summed E-state index contributed by atoms with van der Waals surface area (Å²) in [7, 11) is 0. The zero-order valence-corrected chi connectivity index (χ0v) is 9.07. The third-order valence-corrected chi connectivity index (χ3v) is 2.26. The second-order valence-corrected chi connectivity index (χ2v) is 3.53. The number of hydrogen-bond acceptors (Lipinski definition) is 6. The summed E-state index contributed by atoms with van der Waals surface area (Å²) in [5.74, 6) is 0. The Kier molecular flexibility index (Phi) is 4.09. The number of nitro groups is 1. The van der Waals surface area contributed by atoms with Crippen molar-refractivity contribution < 1.29 is 15.1 Å². The molecule has 1 heterocycles. The van der Waals surface area contributed by atoms with Crippen LogP contribution in [0.1, 0.15) is 23.8 Å². The molecule has 0 bridgehead atoms. The number of aliphatic hydroxyl groups excluding tert-OH is 2. The molecule has 1 aromatic rings. The van der Waals surface area contributed by atoms with Crippen LogP contribution in [0.15, 0.2) is 12.3 Å². The van der Waals surface area contributed by atoms with Crippen LogP contribution in [0.4, 0.5) is 5.69 Å². The molecule has 0 aliphatic heterocycles. The van der Waals surface area contributed by atoms with Gasteiger partial charge in [-0.05, 0) is 12.5 Å². The molecule has 2 atom stereocenters. The van der Waals surface area contributed by atoms with Crippen molar-refractivity contribution in [3.05, 3.63) is 33.6 Å². The van der Waals surface area contributed by atoms with Crippen LogP contribution in [0.2, 0.25) is 0 Å². The predicted molar refractivity (Wildman–Crippen MR) is 56.8 cm³/mol. The maximum Gasteiger partial charge on any atom is 0.287 e. The first-order valence-electron chi connectivity index (χ1n) is 4.81. The van der Waals surface area contributed by atoms with E-state index in [1.807, 2.05) is 0 Å². The zero-order chi connectivity index (χ0) is 13.0. The average molecular weight is 237 g/mol. The lowest BCUT2D eigenvalue weighted by molar-refractivity contribution is -0.385. The number of hydrogen-bond donors (Lipinski definition) is 2. The highest BCUT2D eigenvalue weighted by molar-refractivity contribution is 5.34. The van der Waals surface area contributed by atoms with Crippen molar-refractivity contribution in [2.24, 2.45) is 0 Å². The molecule has 7 nitrogen and oxygen atoms in total. The Hall–Kier alpha value is -2.04. The molecule has 0 aliphatic rings. The fourth-order valence-electron chi connectivity index (χ4n) is 1.37. The van der Waals surface area contributed by atoms with Gasteiger partial charge in [-0.2, -0.15) is 5.26 Å². The minimum Gasteiger partial charge on any atom is -0.389 e. The molecular weight excluding hydrogens is 226 g/mol. The molecule has 1 aromatic heterocycles. The van der Waals surface area contributed by atoms with Crippen molar-refractivity contribution in [3.8, 4) is 6.07 Å². The molecule has 90 valence electrons. The molecule has 17 heavy (non-hydrogen) atoms. The van der Waals surface area contributed by atoms with E-state index in [-0.39, 0.29) is 17.8 Å². The van der Waals surface area contributed by atoms with Gasteiger partial charge in [0.05, 0.1) is 29.2 Å². The Morgan fingerprint density at radius 2 is 2.29 bits per heavy atom. The van der Waals surface area contributed by atoms with Gasteiger partial charge < -0.3 is 10.2 Å². The smallest absolute Gasteiger partial charge is 0.287 e. The molecule has 2 N–H and O–H groups in total. The SMILES string of the molecule is Cc1cc([N+](=O)[O-])cnc1C(O)C(O)CC#N. The van der Waals surface area contributed by atoms with Crippen molar-refractivity contribution in [1.29, 1.82) is 5.26 Å². The zero-order valence-electron chi connectivity index (χ0n) is 9.07. The Balaban J connectivity index is 3.00. The second-order valence-electron chi connectivity index (χ2n) is 3.53. The van der Waals surface area contributed by atoms with Gasteiger partial charge in [-0.1, -0.05) is 0 Å². The molecule has 0 spiro atoms. The summed E-state index contributed by atoms with van der Waals surface area (Å²) in [6.07, 6.45) is -1.81. The normalized spacial score (nSPS) is 13.8. The topological polar surface area (TPSA) is 120 Å². The fraction of sp³-hybridized carbons (Fsp3) is 0.400. The molecule has 0 aliphatic carbocycles. The molecule has 0 radical (unpaired) electrons. The Labute approximate surface area is 97.1 Å². The number of nitriles is 1. The van der Waals surface area contributed by atoms with E-state index in [0.29, 0.717) is 5.56 Å². The predicted octanol–water partition coefficient (Wildman–Crippen LogP) is 0.606. The van der Waals surface area contributed by atoms with Crippen molar-refractivity contribution in [2.45, 2.75) is 25.6 Å². The summed E-state index contributed by atoms with van der Waals surface area (Å²) in [5, 5.41) is 38.0. The first-order chi connectivity index (χ1) is 7.97. The van der Waals surface area contributed by atoms with Gasteiger partial charge in [-0.3, -0.25) is 15.1 Å². The van der Waals surface area contributed by atoms with Crippen LogP contribution in [-0.4, -0.2) is 26.2 Å². The summed E-state index contributed by atoms with van der Waals surface area (Å²) < 4.78 is 0. The number of nitrogens with zero attached hydrogens (tertiary/aromatic N) is 3. The molecule has 0 saturated heterocycles. The van der Waals surface area contributed by atoms with Crippen molar-refractivity contribution >= 4 is 5.69 Å². The molecule has 0 amide bonds. The third kappa shape index (κ3) is 2.96. The minimum absolute atomic E-state index is 0.137. The van der Waals surface area contributed by atoms with E-state index in [1.54, 1.807) is 6.07 Å². The number of aromatic nitrogens is 1. The Morgan fingerprint density at radius 1 is 1.65 bits per heavy atom. The Bertz CT molecular complexity index is 469. The highest BCUT2D eigenvalue weighted by Crippen LogP contribution is 2.23. The van der Waals surface area contributed by atoms with Crippen molar-refractivity contribution in [3.63, 3.8) is 0 Å². The number of aryl methyl sites for hydroxylation is 1. The first kappa shape index (κ1) is 13.0. The van der Waals surface area contributed by atoms with Crippen LogP contribution in [-0.2, 0) is 0 Å². The second kappa shape index (κ2) is 5.34. The molecule has 7 heteroatoms. The summed E-state index contributed by atoms with van der Waals surface area (Å²) >= 11 is 0. The van der Waals surface area contributed by atoms with E-state index in [1.165, 1.54) is 13.0 Å². The molecular formula is C10H11N3O4. The van der Waals surface area contributed by atoms with E-state index in [2.05, 4.69) is 4.98 Å². The van der Waals surface area contributed by atoms with Crippen LogP contribution < -0.4 is 0 Å². The quantitative estimate of drug-likeness (QED) is 0.584. The van der Waals surface area contributed by atoms with Gasteiger partial charge in [-0.15, -0.1) is 0 Å². The van der Waals surface area contributed by atoms with E-state index >= 15 is 0 Å². The summed E-state index contributed by atoms with van der Waals surface area (Å²) in [6.45, 7) is 1.54. The monoisotopic (exact) mass is 237 g/mol. The molecule has 2 unspecified atom stereocenters. The van der Waals surface area contributed by atoms with Crippen molar-refractivity contribution in [2.75, 3.05) is 0 Å². The lowest BCUT2D eigenvalue weighted by atomic mass is 10.0. The third-order valence-electron chi connectivity index (χ3n) is 2.26. The fourth-order valence-corrected chi connectivity index (χ4v) is 1.37. The van der Waals surface area contributed by atoms with Crippen LogP contribution in [0, 0.1) is 28.4 Å². The minimum atomic E-state index is -1.32. The van der Waals surface area contributed by atoms with Gasteiger partial charge in [0, 0.05) is 6.07 Å². The van der Waals surface area contributed by atoms with Gasteiger partial charge in [0.1, 0.15) is 12.3 Å². The summed E-state index contributed by atoms with van der Waals surface area (Å²) in [4.78, 5) is 13.6. The van der Waals surface area contributed by atoms with Crippen LogP contribution in [0.3, 0.4) is 0 Å². The van der Waals surface area contributed by atoms with E-state index < -0.39 is 17.1 Å². The standard InChI is InChI=1S/C10H11N3O4/c1-6-4-7(13(16)17)5-12-9(6)10(15)8(14)2-3-11/h4-5,8,10,14-15H,2H2,1H3. The molecule has 1 rings (SSSR count). The van der Waals surface area contributed by atoms with Gasteiger partial charge in [0.2, 0.25) is 0 Å². The maximum atomic E-state index is 10.5. The molecule has 0 fully saturated rings. The number of aliphatic hydroxyl groups is 2. The average Bonchev–Trinajstić information content (AvgIpc) is 2.28. The maximum absolute atomic E-state index is 10.5. The van der Waals surface area contributed by atoms with E-state index in [0.717, 1.165) is 6.20 Å². The summed E-state index contributed by atoms with van der Waals surface area (Å²) in [5.41, 5.74) is 0.343. The molecule has 0 aromatic carbocycles. The van der Waals surface area contributed by atoms with Crippen LogP contribution in [0.25, 0.3) is 0 Å².